The molecule has 3 aromatic rings. The van der Waals surface area contributed by atoms with Gasteiger partial charge in [-0.1, -0.05) is 6.07 Å². The van der Waals surface area contributed by atoms with E-state index in [1.54, 1.807) is 18.2 Å². The van der Waals surface area contributed by atoms with Crippen LogP contribution in [0.4, 0.5) is 0 Å². The second-order valence-corrected chi connectivity index (χ2v) is 9.83. The summed E-state index contributed by atoms with van der Waals surface area (Å²) in [4.78, 5) is 0.739. The molecular weight excluding hydrogens is 418 g/mol. The quantitative estimate of drug-likeness (QED) is 0.619. The summed E-state index contributed by atoms with van der Waals surface area (Å²) in [5.74, 6) is 0.941. The molecule has 148 valence electrons. The van der Waals surface area contributed by atoms with E-state index >= 15 is 0 Å². The molecule has 1 unspecified atom stereocenters. The molecule has 0 saturated heterocycles. The van der Waals surface area contributed by atoms with Gasteiger partial charge in [-0.15, -0.1) is 11.3 Å². The summed E-state index contributed by atoms with van der Waals surface area (Å²) in [6.45, 7) is 0.826. The molecular formula is C19H19NO5S3. The molecule has 0 aliphatic carbocycles. The zero-order chi connectivity index (χ0) is 19.6. The summed E-state index contributed by atoms with van der Waals surface area (Å²) in [5.41, 5.74) is -0.784. The number of sulfonamides is 1. The highest BCUT2D eigenvalue weighted by Gasteiger charge is 2.35. The molecule has 9 heteroatoms. The van der Waals surface area contributed by atoms with E-state index in [0.29, 0.717) is 35.2 Å². The van der Waals surface area contributed by atoms with Crippen molar-refractivity contribution in [2.45, 2.75) is 16.9 Å². The summed E-state index contributed by atoms with van der Waals surface area (Å²) in [6, 6.07) is 9.95. The summed E-state index contributed by atoms with van der Waals surface area (Å²) in [7, 11) is -3.86. The Balaban J connectivity index is 1.60. The largest absolute Gasteiger partial charge is 0.490 e. The van der Waals surface area contributed by atoms with Crippen LogP contribution in [0.25, 0.3) is 0 Å². The second kappa shape index (κ2) is 7.84. The van der Waals surface area contributed by atoms with Crippen molar-refractivity contribution < 1.29 is 23.0 Å². The Morgan fingerprint density at radius 1 is 1.11 bits per heavy atom. The second-order valence-electron chi connectivity index (χ2n) is 6.33. The van der Waals surface area contributed by atoms with E-state index in [0.717, 1.165) is 6.42 Å². The van der Waals surface area contributed by atoms with E-state index in [-0.39, 0.29) is 11.4 Å². The van der Waals surface area contributed by atoms with E-state index in [4.69, 9.17) is 9.47 Å². The van der Waals surface area contributed by atoms with Crippen LogP contribution < -0.4 is 14.2 Å². The van der Waals surface area contributed by atoms with Crippen molar-refractivity contribution in [2.75, 3.05) is 19.8 Å². The van der Waals surface area contributed by atoms with E-state index in [1.165, 1.54) is 34.8 Å². The van der Waals surface area contributed by atoms with Gasteiger partial charge in [0.1, 0.15) is 5.60 Å². The fourth-order valence-corrected chi connectivity index (χ4v) is 5.58. The minimum absolute atomic E-state index is 0.0654. The van der Waals surface area contributed by atoms with Crippen LogP contribution in [0, 0.1) is 0 Å². The van der Waals surface area contributed by atoms with Gasteiger partial charge in [-0.2, -0.15) is 11.3 Å². The molecule has 0 radical (unpaired) electrons. The van der Waals surface area contributed by atoms with Gasteiger partial charge in [0.25, 0.3) is 0 Å². The Hall–Kier alpha value is -1.91. The summed E-state index contributed by atoms with van der Waals surface area (Å²) >= 11 is 2.83. The van der Waals surface area contributed by atoms with Crippen LogP contribution in [0.1, 0.15) is 16.9 Å². The number of hydrogen-bond donors (Lipinski definition) is 2. The molecule has 1 aromatic carbocycles. The van der Waals surface area contributed by atoms with E-state index in [2.05, 4.69) is 4.72 Å². The Morgan fingerprint density at radius 2 is 1.93 bits per heavy atom. The number of fused-ring (bicyclic) bond motifs is 1. The highest BCUT2D eigenvalue weighted by molar-refractivity contribution is 7.89. The molecule has 4 rings (SSSR count). The molecule has 1 aliphatic heterocycles. The molecule has 3 heterocycles. The van der Waals surface area contributed by atoms with Gasteiger partial charge < -0.3 is 14.6 Å². The standard InChI is InChI=1S/C19H19NO5S3/c21-19(14-6-10-26-12-14,18-3-1-9-27-18)13-20-28(22,23)15-4-5-16-17(11-15)25-8-2-7-24-16/h1,3-6,9-12,20-21H,2,7-8,13H2. The predicted octanol–water partition coefficient (Wildman–Crippen LogP) is 3.19. The van der Waals surface area contributed by atoms with Crippen molar-refractivity contribution in [2.24, 2.45) is 0 Å². The molecule has 0 spiro atoms. The fourth-order valence-electron chi connectivity index (χ4n) is 2.94. The van der Waals surface area contributed by atoms with Crippen molar-refractivity contribution in [3.05, 3.63) is 63.0 Å². The molecule has 2 N–H and O–H groups in total. The Bertz CT molecular complexity index is 995. The summed E-state index contributed by atoms with van der Waals surface area (Å²) < 4.78 is 39.4. The maximum absolute atomic E-state index is 12.9. The first-order valence-corrected chi connectivity index (χ1v) is 12.0. The Morgan fingerprint density at radius 3 is 2.64 bits per heavy atom. The number of rotatable bonds is 6. The van der Waals surface area contributed by atoms with Crippen LogP contribution >= 0.6 is 22.7 Å². The van der Waals surface area contributed by atoms with Crippen LogP contribution in [-0.4, -0.2) is 33.3 Å². The smallest absolute Gasteiger partial charge is 0.240 e. The fraction of sp³-hybridized carbons (Fsp3) is 0.263. The first-order chi connectivity index (χ1) is 13.5. The van der Waals surface area contributed by atoms with E-state index < -0.39 is 15.6 Å². The van der Waals surface area contributed by atoms with Gasteiger partial charge in [0.2, 0.25) is 10.0 Å². The number of benzene rings is 1. The molecule has 0 fully saturated rings. The third-order valence-electron chi connectivity index (χ3n) is 4.47. The van der Waals surface area contributed by atoms with Crippen LogP contribution in [0.2, 0.25) is 0 Å². The molecule has 6 nitrogen and oxygen atoms in total. The van der Waals surface area contributed by atoms with Crippen molar-refractivity contribution >= 4 is 32.7 Å². The minimum atomic E-state index is -3.86. The van der Waals surface area contributed by atoms with Crippen LogP contribution in [0.15, 0.2) is 57.4 Å². The number of hydrogen-bond acceptors (Lipinski definition) is 7. The highest BCUT2D eigenvalue weighted by atomic mass is 32.2. The maximum atomic E-state index is 12.9. The average molecular weight is 438 g/mol. The Kier molecular flexibility index (Phi) is 5.44. The van der Waals surface area contributed by atoms with Gasteiger partial charge in [-0.25, -0.2) is 13.1 Å². The molecule has 0 amide bonds. The molecule has 1 atom stereocenters. The van der Waals surface area contributed by atoms with Gasteiger partial charge >= 0.3 is 0 Å². The topological polar surface area (TPSA) is 84.9 Å². The minimum Gasteiger partial charge on any atom is -0.490 e. The average Bonchev–Trinajstić information content (AvgIpc) is 3.37. The lowest BCUT2D eigenvalue weighted by Crippen LogP contribution is -2.40. The number of thiophene rings is 2. The number of nitrogens with one attached hydrogen (secondary N) is 1. The lowest BCUT2D eigenvalue weighted by Gasteiger charge is -2.27. The van der Waals surface area contributed by atoms with Gasteiger partial charge in [0, 0.05) is 29.5 Å². The maximum Gasteiger partial charge on any atom is 0.240 e. The van der Waals surface area contributed by atoms with E-state index in [9.17, 15) is 13.5 Å². The van der Waals surface area contributed by atoms with Crippen molar-refractivity contribution in [3.63, 3.8) is 0 Å². The number of ether oxygens (including phenoxy) is 2. The first-order valence-electron chi connectivity index (χ1n) is 8.67. The van der Waals surface area contributed by atoms with Crippen LogP contribution in [-0.2, 0) is 15.6 Å². The van der Waals surface area contributed by atoms with Crippen molar-refractivity contribution in [3.8, 4) is 11.5 Å². The third-order valence-corrected chi connectivity index (χ3v) is 7.58. The normalized spacial score (nSPS) is 16.3. The lowest BCUT2D eigenvalue weighted by atomic mass is 9.95. The van der Waals surface area contributed by atoms with Gasteiger partial charge in [0.05, 0.1) is 18.1 Å². The Labute approximate surface area is 171 Å². The highest BCUT2D eigenvalue weighted by Crippen LogP contribution is 2.35. The van der Waals surface area contributed by atoms with Gasteiger partial charge in [-0.3, -0.25) is 0 Å². The van der Waals surface area contributed by atoms with Gasteiger partial charge in [-0.05, 0) is 40.4 Å². The lowest BCUT2D eigenvalue weighted by molar-refractivity contribution is 0.0903. The van der Waals surface area contributed by atoms with Crippen molar-refractivity contribution in [1.29, 1.82) is 0 Å². The molecule has 0 saturated carbocycles. The van der Waals surface area contributed by atoms with Crippen LogP contribution in [0.5, 0.6) is 11.5 Å². The van der Waals surface area contributed by atoms with Gasteiger partial charge in [0.15, 0.2) is 11.5 Å². The summed E-state index contributed by atoms with van der Waals surface area (Å²) in [6.07, 6.45) is 0.740. The summed E-state index contributed by atoms with van der Waals surface area (Å²) in [5, 5.41) is 16.8. The zero-order valence-electron chi connectivity index (χ0n) is 14.8. The van der Waals surface area contributed by atoms with E-state index in [1.807, 2.05) is 22.2 Å². The molecule has 0 bridgehead atoms. The SMILES string of the molecule is O=S(=O)(NCC(O)(c1ccsc1)c1cccs1)c1ccc2c(c1)OCCCO2. The zero-order valence-corrected chi connectivity index (χ0v) is 17.3. The molecule has 28 heavy (non-hydrogen) atoms. The number of aliphatic hydroxyl groups is 1. The third kappa shape index (κ3) is 3.81. The monoisotopic (exact) mass is 437 g/mol. The predicted molar refractivity (Wildman–Crippen MR) is 109 cm³/mol. The first kappa shape index (κ1) is 19.4. The van der Waals surface area contributed by atoms with Crippen LogP contribution in [0.3, 0.4) is 0 Å². The molecule has 1 aliphatic rings. The van der Waals surface area contributed by atoms with Crippen molar-refractivity contribution in [1.82, 2.24) is 4.72 Å². The molecule has 2 aromatic heterocycles.